The molecule has 7 heteroatoms. The molecule has 6 nitrogen and oxygen atoms in total. The van der Waals surface area contributed by atoms with E-state index in [2.05, 4.69) is 29.0 Å². The molecule has 0 radical (unpaired) electrons. The minimum Gasteiger partial charge on any atom is -0.487 e. The molecule has 0 spiro atoms. The summed E-state index contributed by atoms with van der Waals surface area (Å²) in [6.07, 6.45) is 8.28. The van der Waals surface area contributed by atoms with Crippen molar-refractivity contribution in [3.05, 3.63) is 95.3 Å². The molecule has 0 atom stereocenters. The van der Waals surface area contributed by atoms with E-state index in [0.717, 1.165) is 35.1 Å². The zero-order valence-electron chi connectivity index (χ0n) is 19.9. The Balaban J connectivity index is 1.73. The van der Waals surface area contributed by atoms with Crippen LogP contribution in [0.2, 0.25) is 5.02 Å². The summed E-state index contributed by atoms with van der Waals surface area (Å²) in [5.41, 5.74) is 3.75. The molecular weight excluding hydrogens is 462 g/mol. The maximum absolute atomic E-state index is 12.8. The molecule has 182 valence electrons. The summed E-state index contributed by atoms with van der Waals surface area (Å²) in [6.45, 7) is 4.82. The highest BCUT2D eigenvalue weighted by Gasteiger charge is 2.18. The van der Waals surface area contributed by atoms with Gasteiger partial charge in [0.1, 0.15) is 18.2 Å². The van der Waals surface area contributed by atoms with Gasteiger partial charge in [0, 0.05) is 25.1 Å². The van der Waals surface area contributed by atoms with E-state index in [0.29, 0.717) is 18.2 Å². The number of carbonyl (C=O) groups excluding carboxylic acids is 1. The Labute approximate surface area is 211 Å². The van der Waals surface area contributed by atoms with Crippen LogP contribution in [0, 0.1) is 5.41 Å². The molecule has 1 amide bonds. The van der Waals surface area contributed by atoms with Gasteiger partial charge in [-0.1, -0.05) is 78.9 Å². The van der Waals surface area contributed by atoms with Gasteiger partial charge in [-0.3, -0.25) is 10.2 Å². The van der Waals surface area contributed by atoms with E-state index in [9.17, 15) is 4.79 Å². The van der Waals surface area contributed by atoms with Gasteiger partial charge < -0.3 is 14.8 Å². The number of aliphatic imine (C=N–C) groups is 1. The fourth-order valence-corrected chi connectivity index (χ4v) is 3.71. The maximum atomic E-state index is 12.8. The summed E-state index contributed by atoms with van der Waals surface area (Å²) in [4.78, 5) is 17.0. The Hall–Kier alpha value is -3.48. The van der Waals surface area contributed by atoms with Crippen LogP contribution in [0.15, 0.2) is 89.7 Å². The second kappa shape index (κ2) is 13.4. The van der Waals surface area contributed by atoms with Gasteiger partial charge in [-0.25, -0.2) is 4.99 Å². The highest BCUT2D eigenvalue weighted by atomic mass is 35.5. The summed E-state index contributed by atoms with van der Waals surface area (Å²) in [5, 5.41) is 11.7. The highest BCUT2D eigenvalue weighted by Crippen LogP contribution is 2.26. The van der Waals surface area contributed by atoms with Crippen LogP contribution in [0.1, 0.15) is 18.4 Å². The lowest BCUT2D eigenvalue weighted by molar-refractivity contribution is -0.115. The monoisotopic (exact) mass is 491 g/mol. The molecule has 1 aliphatic carbocycles. The second-order valence-electron chi connectivity index (χ2n) is 7.98. The number of ether oxygens (including phenoxy) is 2. The van der Waals surface area contributed by atoms with Crippen LogP contribution >= 0.6 is 11.6 Å². The molecule has 0 heterocycles. The number of halogens is 1. The topological polar surface area (TPSA) is 83.8 Å². The number of nitrogens with one attached hydrogen (secondary N) is 2. The lowest BCUT2D eigenvalue weighted by Crippen LogP contribution is -2.35. The van der Waals surface area contributed by atoms with Gasteiger partial charge in [0.2, 0.25) is 0 Å². The molecule has 3 rings (SSSR count). The van der Waals surface area contributed by atoms with E-state index < -0.39 is 5.91 Å². The van der Waals surface area contributed by atoms with Crippen molar-refractivity contribution in [1.29, 1.82) is 5.41 Å². The van der Waals surface area contributed by atoms with E-state index in [4.69, 9.17) is 26.5 Å². The smallest absolute Gasteiger partial charge is 0.273 e. The summed E-state index contributed by atoms with van der Waals surface area (Å²) in [6, 6.07) is 15.6. The summed E-state index contributed by atoms with van der Waals surface area (Å²) in [5.74, 6) is -0.400. The predicted octanol–water partition coefficient (Wildman–Crippen LogP) is 5.54. The van der Waals surface area contributed by atoms with Gasteiger partial charge in [0.05, 0.1) is 6.61 Å². The lowest BCUT2D eigenvalue weighted by Gasteiger charge is -2.14. The van der Waals surface area contributed by atoms with E-state index in [1.165, 1.54) is 0 Å². The Bertz CT molecular complexity index is 1150. The summed E-state index contributed by atoms with van der Waals surface area (Å²) < 4.78 is 10.7. The first kappa shape index (κ1) is 26.1. The molecule has 0 fully saturated rings. The van der Waals surface area contributed by atoms with Crippen molar-refractivity contribution in [3.8, 4) is 11.1 Å². The number of benzene rings is 2. The predicted molar refractivity (Wildman–Crippen MR) is 142 cm³/mol. The standard InChI is InChI=1S/C28H30ClN3O3/c1-20(35-19-21-9-5-3-6-10-21)27(28(33)31-15-16-34-2)32-26(30)18-24-14-13-23(17-25(24)29)22-11-7-4-8-12-22/h4-5,7-14,17,30H,1,3,6,15-16,18-19H2,2H3,(H,31,33). The second-order valence-corrected chi connectivity index (χ2v) is 8.38. The number of hydrogen-bond donors (Lipinski definition) is 2. The molecule has 0 aromatic heterocycles. The zero-order valence-corrected chi connectivity index (χ0v) is 20.6. The summed E-state index contributed by atoms with van der Waals surface area (Å²) >= 11 is 6.51. The molecular formula is C28H30ClN3O3. The van der Waals surface area contributed by atoms with Crippen molar-refractivity contribution in [3.63, 3.8) is 0 Å². The van der Waals surface area contributed by atoms with Crippen molar-refractivity contribution >= 4 is 29.1 Å². The lowest BCUT2D eigenvalue weighted by atomic mass is 10.0. The van der Waals surface area contributed by atoms with Crippen LogP contribution in [0.5, 0.6) is 0 Å². The average Bonchev–Trinajstić information content (AvgIpc) is 2.88. The van der Waals surface area contributed by atoms with E-state index in [1.807, 2.05) is 54.6 Å². The highest BCUT2D eigenvalue weighted by molar-refractivity contribution is 6.46. The number of carbonyl (C=O) groups is 1. The van der Waals surface area contributed by atoms with Gasteiger partial charge in [-0.15, -0.1) is 0 Å². The van der Waals surface area contributed by atoms with Crippen LogP contribution in [-0.4, -0.2) is 44.3 Å². The molecule has 35 heavy (non-hydrogen) atoms. The van der Waals surface area contributed by atoms with E-state index in [1.54, 1.807) is 7.11 Å². The Morgan fingerprint density at radius 3 is 2.66 bits per heavy atom. The SMILES string of the molecule is C=C(OCC1=CCCC=C1)C(=NC(=N)Cc1ccc(-c2ccccc2)cc1Cl)C(=O)NCCOC. The minimum absolute atomic E-state index is 0.0298. The fraction of sp³-hybridized carbons (Fsp3) is 0.250. The first-order valence-electron chi connectivity index (χ1n) is 11.4. The van der Waals surface area contributed by atoms with Crippen molar-refractivity contribution in [2.45, 2.75) is 19.3 Å². The van der Waals surface area contributed by atoms with Gasteiger partial charge in [0.15, 0.2) is 5.71 Å². The molecule has 0 saturated carbocycles. The maximum Gasteiger partial charge on any atom is 0.273 e. The molecule has 0 saturated heterocycles. The molecule has 2 aromatic carbocycles. The Kier molecular flexibility index (Phi) is 10.0. The third kappa shape index (κ3) is 8.05. The normalized spacial score (nSPS) is 13.2. The first-order chi connectivity index (χ1) is 17.0. The van der Waals surface area contributed by atoms with Gasteiger partial charge >= 0.3 is 0 Å². The van der Waals surface area contributed by atoms with Gasteiger partial charge in [-0.2, -0.15) is 0 Å². The van der Waals surface area contributed by atoms with Crippen LogP contribution in [0.4, 0.5) is 0 Å². The zero-order chi connectivity index (χ0) is 25.0. The van der Waals surface area contributed by atoms with E-state index in [-0.39, 0.29) is 30.3 Å². The van der Waals surface area contributed by atoms with Gasteiger partial charge in [0.25, 0.3) is 5.91 Å². The van der Waals surface area contributed by atoms with Crippen molar-refractivity contribution in [2.75, 3.05) is 26.9 Å². The van der Waals surface area contributed by atoms with Crippen LogP contribution in [0.3, 0.4) is 0 Å². The van der Waals surface area contributed by atoms with Crippen molar-refractivity contribution in [2.24, 2.45) is 4.99 Å². The van der Waals surface area contributed by atoms with Crippen LogP contribution in [0.25, 0.3) is 11.1 Å². The van der Waals surface area contributed by atoms with Crippen LogP contribution < -0.4 is 5.32 Å². The third-order valence-electron chi connectivity index (χ3n) is 5.32. The number of rotatable bonds is 11. The number of amides is 1. The number of allylic oxidation sites excluding steroid dienone is 2. The quantitative estimate of drug-likeness (QED) is 0.187. The molecule has 0 unspecified atom stereocenters. The van der Waals surface area contributed by atoms with E-state index >= 15 is 0 Å². The molecule has 0 aliphatic heterocycles. The average molecular weight is 492 g/mol. The number of methoxy groups -OCH3 is 1. The Morgan fingerprint density at radius 2 is 1.97 bits per heavy atom. The number of amidine groups is 1. The van der Waals surface area contributed by atoms with Gasteiger partial charge in [-0.05, 0) is 41.2 Å². The third-order valence-corrected chi connectivity index (χ3v) is 5.67. The van der Waals surface area contributed by atoms with Crippen molar-refractivity contribution < 1.29 is 14.3 Å². The molecule has 2 N–H and O–H groups in total. The largest absolute Gasteiger partial charge is 0.487 e. The fourth-order valence-electron chi connectivity index (χ4n) is 3.46. The molecule has 0 bridgehead atoms. The Morgan fingerprint density at radius 1 is 1.17 bits per heavy atom. The van der Waals surface area contributed by atoms with Crippen molar-refractivity contribution in [1.82, 2.24) is 5.32 Å². The minimum atomic E-state index is -0.476. The summed E-state index contributed by atoms with van der Waals surface area (Å²) in [7, 11) is 1.55. The van der Waals surface area contributed by atoms with Crippen LogP contribution in [-0.2, 0) is 20.7 Å². The molecule has 1 aliphatic rings. The number of hydrogen-bond acceptors (Lipinski definition) is 4. The first-order valence-corrected chi connectivity index (χ1v) is 11.8. The number of nitrogens with zero attached hydrogens (tertiary/aromatic N) is 1. The molecule has 2 aromatic rings.